The average Bonchev–Trinajstić information content (AvgIpc) is 2.59. The Morgan fingerprint density at radius 2 is 2.08 bits per heavy atom. The Labute approximate surface area is 81.5 Å². The van der Waals surface area contributed by atoms with Crippen LogP contribution < -0.4 is 4.29 Å². The molecule has 0 unspecified atom stereocenters. The van der Waals surface area contributed by atoms with Crippen LogP contribution in [-0.2, 0) is 17.1 Å². The summed E-state index contributed by atoms with van der Waals surface area (Å²) in [6.45, 7) is 0. The quantitative estimate of drug-likeness (QED) is 0.728. The number of aromatic amines is 1. The van der Waals surface area contributed by atoms with Crippen LogP contribution in [-0.4, -0.2) is 4.98 Å². The summed E-state index contributed by atoms with van der Waals surface area (Å²) in [6.07, 6.45) is 9.61. The molecule has 1 aromatic heterocycles. The van der Waals surface area contributed by atoms with Crippen molar-refractivity contribution in [2.75, 3.05) is 0 Å². The van der Waals surface area contributed by atoms with Crippen LogP contribution in [0.5, 0.6) is 0 Å². The zero-order valence-electron chi connectivity index (χ0n) is 7.55. The summed E-state index contributed by atoms with van der Waals surface area (Å²) in [4.78, 5) is 3.37. The van der Waals surface area contributed by atoms with E-state index in [1.807, 2.05) is 0 Å². The Hall–Kier alpha value is -0.0966. The fourth-order valence-electron chi connectivity index (χ4n) is 2.20. The van der Waals surface area contributed by atoms with Gasteiger partial charge in [0.2, 0.25) is 0 Å². The van der Waals surface area contributed by atoms with E-state index in [-0.39, 0.29) is 0 Å². The molecule has 1 nitrogen and oxygen atoms in total. The molecule has 1 aliphatic carbocycles. The Kier molecular flexibility index (Phi) is 2.99. The number of H-pyrrole nitrogens is 1. The topological polar surface area (TPSA) is 15.8 Å². The fourth-order valence-corrected chi connectivity index (χ4v) is 6.64. The molecule has 2 rings (SSSR count). The molecule has 0 aromatic carbocycles. The van der Waals surface area contributed by atoms with Crippen LogP contribution in [0.4, 0.5) is 0 Å². The van der Waals surface area contributed by atoms with Gasteiger partial charge in [-0.15, -0.1) is 0 Å². The molecule has 1 aliphatic rings. The Morgan fingerprint density at radius 1 is 1.25 bits per heavy atom. The van der Waals surface area contributed by atoms with Gasteiger partial charge in [0.15, 0.2) is 0 Å². The summed E-state index contributed by atoms with van der Waals surface area (Å²) >= 11 is -0.405. The van der Waals surface area contributed by atoms with E-state index in [2.05, 4.69) is 23.3 Å². The molecular weight excluding hydrogens is 200 g/mol. The van der Waals surface area contributed by atoms with Gasteiger partial charge in [-0.1, -0.05) is 0 Å². The first-order valence-electron chi connectivity index (χ1n) is 5.07. The zero-order chi connectivity index (χ0) is 8.23. The van der Waals surface area contributed by atoms with Crippen molar-refractivity contribution in [2.45, 2.75) is 36.6 Å². The van der Waals surface area contributed by atoms with Gasteiger partial charge in [-0.05, 0) is 0 Å². The SMILES string of the molecule is c1c[nH][c]([Zn][CH]2CCCCC2)c1. The van der Waals surface area contributed by atoms with Gasteiger partial charge in [-0.2, -0.15) is 0 Å². The van der Waals surface area contributed by atoms with E-state index >= 15 is 0 Å². The molecule has 1 N–H and O–H groups in total. The van der Waals surface area contributed by atoms with Crippen LogP contribution in [0.3, 0.4) is 0 Å². The molecule has 62 valence electrons. The number of hydrogen-bond acceptors (Lipinski definition) is 0. The van der Waals surface area contributed by atoms with E-state index in [1.54, 1.807) is 4.29 Å². The Balaban J connectivity index is 1.86. The van der Waals surface area contributed by atoms with Gasteiger partial charge in [0, 0.05) is 0 Å². The molecule has 1 saturated carbocycles. The summed E-state index contributed by atoms with van der Waals surface area (Å²) in [5, 5.41) is 0. The molecule has 0 atom stereocenters. The molecule has 0 bridgehead atoms. The molecule has 1 fully saturated rings. The van der Waals surface area contributed by atoms with Crippen LogP contribution in [0.2, 0.25) is 4.51 Å². The maximum absolute atomic E-state index is 3.37. The first-order valence-corrected chi connectivity index (χ1v) is 8.27. The van der Waals surface area contributed by atoms with E-state index in [9.17, 15) is 0 Å². The van der Waals surface area contributed by atoms with Crippen molar-refractivity contribution in [3.8, 4) is 0 Å². The molecule has 0 amide bonds. The normalized spacial score (nSPS) is 19.0. The van der Waals surface area contributed by atoms with Crippen molar-refractivity contribution in [3.63, 3.8) is 0 Å². The maximum atomic E-state index is 3.37. The first-order chi connectivity index (χ1) is 5.95. The van der Waals surface area contributed by atoms with E-state index in [1.165, 1.54) is 32.1 Å². The predicted octanol–water partition coefficient (Wildman–Crippen LogP) is 2.48. The molecule has 0 spiro atoms. The third-order valence-corrected chi connectivity index (χ3v) is 7.67. The molecule has 12 heavy (non-hydrogen) atoms. The molecule has 2 heteroatoms. The van der Waals surface area contributed by atoms with E-state index in [4.69, 9.17) is 0 Å². The van der Waals surface area contributed by atoms with E-state index in [0.29, 0.717) is 0 Å². The third-order valence-electron chi connectivity index (χ3n) is 2.90. The molecule has 1 aromatic rings. The van der Waals surface area contributed by atoms with E-state index in [0.717, 1.165) is 4.51 Å². The van der Waals surface area contributed by atoms with Gasteiger partial charge >= 0.3 is 81.3 Å². The molecule has 1 heterocycles. The van der Waals surface area contributed by atoms with Crippen molar-refractivity contribution < 1.29 is 17.1 Å². The molecule has 0 radical (unpaired) electrons. The number of nitrogens with one attached hydrogen (secondary N) is 1. The van der Waals surface area contributed by atoms with Crippen LogP contribution in [0.25, 0.3) is 0 Å². The second kappa shape index (κ2) is 4.23. The monoisotopic (exact) mass is 213 g/mol. The van der Waals surface area contributed by atoms with Gasteiger partial charge in [0.1, 0.15) is 0 Å². The third kappa shape index (κ3) is 2.20. The van der Waals surface area contributed by atoms with Crippen LogP contribution >= 0.6 is 0 Å². The number of aromatic nitrogens is 1. The van der Waals surface area contributed by atoms with Gasteiger partial charge in [0.25, 0.3) is 0 Å². The summed E-state index contributed by atoms with van der Waals surface area (Å²) in [7, 11) is 0. The van der Waals surface area contributed by atoms with Gasteiger partial charge in [0.05, 0.1) is 0 Å². The summed E-state index contributed by atoms with van der Waals surface area (Å²) in [6, 6.07) is 4.43. The summed E-state index contributed by atoms with van der Waals surface area (Å²) in [5.41, 5.74) is 0. The van der Waals surface area contributed by atoms with E-state index < -0.39 is 17.1 Å². The first kappa shape index (κ1) is 8.50. The Morgan fingerprint density at radius 3 is 2.75 bits per heavy atom. The predicted molar refractivity (Wildman–Crippen MR) is 47.3 cm³/mol. The fraction of sp³-hybridized carbons (Fsp3) is 0.600. The summed E-state index contributed by atoms with van der Waals surface area (Å²) in [5.74, 6) is 0. The van der Waals surface area contributed by atoms with Crippen molar-refractivity contribution in [2.24, 2.45) is 0 Å². The van der Waals surface area contributed by atoms with Crippen molar-refractivity contribution >= 4 is 4.29 Å². The molecule has 0 saturated heterocycles. The van der Waals surface area contributed by atoms with Crippen molar-refractivity contribution in [3.05, 3.63) is 18.3 Å². The standard InChI is InChI=1S/C6H11.C4H4N.Zn/c1-2-4-6-5-3-1;1-2-4-5-3-1;/h1H,2-6H2;1-3,5H;. The van der Waals surface area contributed by atoms with Gasteiger partial charge in [-0.3, -0.25) is 0 Å². The number of rotatable bonds is 2. The van der Waals surface area contributed by atoms with Crippen LogP contribution in [0.1, 0.15) is 32.1 Å². The van der Waals surface area contributed by atoms with Gasteiger partial charge in [-0.25, -0.2) is 0 Å². The summed E-state index contributed by atoms with van der Waals surface area (Å²) < 4.78 is 2.75. The minimum absolute atomic E-state index is 0.405. The second-order valence-electron chi connectivity index (χ2n) is 3.90. The average molecular weight is 215 g/mol. The Bertz CT molecular complexity index is 212. The minimum atomic E-state index is -0.405. The number of hydrogen-bond donors (Lipinski definition) is 1. The van der Waals surface area contributed by atoms with Crippen molar-refractivity contribution in [1.29, 1.82) is 0 Å². The van der Waals surface area contributed by atoms with Crippen LogP contribution in [0, 0.1) is 0 Å². The second-order valence-corrected chi connectivity index (χ2v) is 8.78. The molecule has 0 aliphatic heterocycles. The van der Waals surface area contributed by atoms with Crippen LogP contribution in [0.15, 0.2) is 18.3 Å². The molecular formula is C10H15NZn. The van der Waals surface area contributed by atoms with Crippen molar-refractivity contribution in [1.82, 2.24) is 4.98 Å². The zero-order valence-corrected chi connectivity index (χ0v) is 10.5. The van der Waals surface area contributed by atoms with Gasteiger partial charge < -0.3 is 0 Å².